The Labute approximate surface area is 207 Å². The first kappa shape index (κ1) is 25.1. The molecule has 0 aliphatic carbocycles. The second-order valence-electron chi connectivity index (χ2n) is 9.25. The standard InChI is InChI=1S/C26H33N5O3S/c1-19-15-21(3)23(16-20(19)2)24-17-25(31(28-24)22-9-6-5-7-10-22)27-26(32)18-29-11-8-12-30(14-13-29)35(4,33)34/h5-7,9-10,15-17H,8,11-14,18H2,1-4H3,(H,27,32). The van der Waals surface area contributed by atoms with Crippen LogP contribution in [0.1, 0.15) is 23.1 Å². The molecule has 1 aromatic heterocycles. The molecule has 1 amide bonds. The number of hydrogen-bond donors (Lipinski definition) is 1. The number of carbonyl (C=O) groups excluding carboxylic acids is 1. The lowest BCUT2D eigenvalue weighted by Crippen LogP contribution is -2.37. The van der Waals surface area contributed by atoms with Crippen molar-refractivity contribution in [2.45, 2.75) is 27.2 Å². The number of hydrogen-bond acceptors (Lipinski definition) is 5. The van der Waals surface area contributed by atoms with Gasteiger partial charge >= 0.3 is 0 Å². The van der Waals surface area contributed by atoms with Gasteiger partial charge in [0.05, 0.1) is 24.2 Å². The lowest BCUT2D eigenvalue weighted by Gasteiger charge is -2.20. The number of nitrogens with one attached hydrogen (secondary N) is 1. The number of aryl methyl sites for hydroxylation is 3. The van der Waals surface area contributed by atoms with Crippen LogP contribution in [0, 0.1) is 20.8 Å². The van der Waals surface area contributed by atoms with Crippen molar-refractivity contribution < 1.29 is 13.2 Å². The summed E-state index contributed by atoms with van der Waals surface area (Å²) in [5.41, 5.74) is 6.23. The molecule has 0 atom stereocenters. The number of para-hydroxylation sites is 1. The van der Waals surface area contributed by atoms with E-state index < -0.39 is 10.0 Å². The average Bonchev–Trinajstić information content (AvgIpc) is 3.05. The van der Waals surface area contributed by atoms with Crippen molar-refractivity contribution in [3.05, 3.63) is 65.2 Å². The highest BCUT2D eigenvalue weighted by Gasteiger charge is 2.23. The Kier molecular flexibility index (Phi) is 7.39. The minimum absolute atomic E-state index is 0.154. The van der Waals surface area contributed by atoms with Crippen LogP contribution < -0.4 is 5.32 Å². The van der Waals surface area contributed by atoms with E-state index in [0.29, 0.717) is 38.4 Å². The van der Waals surface area contributed by atoms with E-state index in [4.69, 9.17) is 5.10 Å². The second kappa shape index (κ2) is 10.3. The van der Waals surface area contributed by atoms with Crippen LogP contribution >= 0.6 is 0 Å². The Morgan fingerprint density at radius 1 is 0.943 bits per heavy atom. The molecule has 35 heavy (non-hydrogen) atoms. The summed E-state index contributed by atoms with van der Waals surface area (Å²) in [6, 6.07) is 15.9. The second-order valence-corrected chi connectivity index (χ2v) is 11.2. The van der Waals surface area contributed by atoms with E-state index in [-0.39, 0.29) is 12.5 Å². The van der Waals surface area contributed by atoms with Crippen LogP contribution in [0.5, 0.6) is 0 Å². The summed E-state index contributed by atoms with van der Waals surface area (Å²) in [7, 11) is -3.22. The molecule has 2 heterocycles. The summed E-state index contributed by atoms with van der Waals surface area (Å²) in [5.74, 6) is 0.444. The molecule has 3 aromatic rings. The smallest absolute Gasteiger partial charge is 0.239 e. The zero-order valence-electron chi connectivity index (χ0n) is 20.8. The third kappa shape index (κ3) is 5.98. The summed E-state index contributed by atoms with van der Waals surface area (Å²) >= 11 is 0. The van der Waals surface area contributed by atoms with Crippen molar-refractivity contribution in [2.24, 2.45) is 0 Å². The van der Waals surface area contributed by atoms with Gasteiger partial charge in [-0.25, -0.2) is 17.4 Å². The van der Waals surface area contributed by atoms with Crippen molar-refractivity contribution in [3.63, 3.8) is 0 Å². The largest absolute Gasteiger partial charge is 0.309 e. The van der Waals surface area contributed by atoms with Crippen LogP contribution in [-0.4, -0.2) is 72.3 Å². The van der Waals surface area contributed by atoms with Crippen LogP contribution in [-0.2, 0) is 14.8 Å². The maximum atomic E-state index is 13.0. The Morgan fingerprint density at radius 3 is 2.37 bits per heavy atom. The molecular formula is C26H33N5O3S. The van der Waals surface area contributed by atoms with Crippen LogP contribution in [0.3, 0.4) is 0 Å². The molecular weight excluding hydrogens is 462 g/mol. The van der Waals surface area contributed by atoms with Crippen molar-refractivity contribution >= 4 is 21.7 Å². The maximum Gasteiger partial charge on any atom is 0.239 e. The zero-order valence-corrected chi connectivity index (χ0v) is 21.6. The molecule has 0 bridgehead atoms. The van der Waals surface area contributed by atoms with Crippen LogP contribution in [0.2, 0.25) is 0 Å². The number of sulfonamides is 1. The van der Waals surface area contributed by atoms with E-state index in [2.05, 4.69) is 38.2 Å². The average molecular weight is 496 g/mol. The Balaban J connectivity index is 1.57. The van der Waals surface area contributed by atoms with Crippen molar-refractivity contribution in [1.82, 2.24) is 19.0 Å². The monoisotopic (exact) mass is 495 g/mol. The number of anilines is 1. The molecule has 8 nitrogen and oxygen atoms in total. The Morgan fingerprint density at radius 2 is 1.66 bits per heavy atom. The van der Waals surface area contributed by atoms with Gasteiger partial charge in [0.2, 0.25) is 15.9 Å². The fourth-order valence-corrected chi connectivity index (χ4v) is 5.30. The van der Waals surface area contributed by atoms with E-state index in [1.54, 1.807) is 4.68 Å². The third-order valence-corrected chi connectivity index (χ3v) is 7.78. The molecule has 9 heteroatoms. The van der Waals surface area contributed by atoms with Gasteiger partial charge in [0.25, 0.3) is 0 Å². The lowest BCUT2D eigenvalue weighted by atomic mass is 9.99. The first-order valence-corrected chi connectivity index (χ1v) is 13.7. The fourth-order valence-electron chi connectivity index (χ4n) is 4.43. The van der Waals surface area contributed by atoms with Gasteiger partial charge in [-0.2, -0.15) is 5.10 Å². The van der Waals surface area contributed by atoms with E-state index in [0.717, 1.165) is 22.5 Å². The van der Waals surface area contributed by atoms with E-state index in [9.17, 15) is 13.2 Å². The highest BCUT2D eigenvalue weighted by molar-refractivity contribution is 7.88. The summed E-state index contributed by atoms with van der Waals surface area (Å²) in [6.45, 7) is 8.51. The number of aromatic nitrogens is 2. The van der Waals surface area contributed by atoms with Crippen molar-refractivity contribution in [2.75, 3.05) is 44.3 Å². The predicted octanol–water partition coefficient (Wildman–Crippen LogP) is 3.37. The molecule has 186 valence electrons. The molecule has 2 aromatic carbocycles. The first-order chi connectivity index (χ1) is 16.6. The first-order valence-electron chi connectivity index (χ1n) is 11.8. The molecule has 0 spiro atoms. The van der Waals surface area contributed by atoms with Crippen molar-refractivity contribution in [3.8, 4) is 16.9 Å². The van der Waals surface area contributed by atoms with Gasteiger partial charge in [-0.05, 0) is 68.6 Å². The SMILES string of the molecule is Cc1cc(C)c(-c2cc(NC(=O)CN3CCCN(S(C)(=O)=O)CC3)n(-c3ccccc3)n2)cc1C. The third-order valence-electron chi connectivity index (χ3n) is 6.48. The molecule has 0 radical (unpaired) electrons. The van der Waals surface area contributed by atoms with Crippen LogP contribution in [0.15, 0.2) is 48.5 Å². The normalized spacial score (nSPS) is 15.7. The lowest BCUT2D eigenvalue weighted by molar-refractivity contribution is -0.117. The van der Waals surface area contributed by atoms with E-state index >= 15 is 0 Å². The number of rotatable bonds is 6. The summed E-state index contributed by atoms with van der Waals surface area (Å²) in [4.78, 5) is 15.0. The van der Waals surface area contributed by atoms with Gasteiger partial charge in [0, 0.05) is 31.3 Å². The van der Waals surface area contributed by atoms with Gasteiger partial charge in [-0.15, -0.1) is 0 Å². The summed E-state index contributed by atoms with van der Waals surface area (Å²) < 4.78 is 27.0. The minimum Gasteiger partial charge on any atom is -0.309 e. The number of nitrogens with zero attached hydrogens (tertiary/aromatic N) is 4. The molecule has 1 N–H and O–H groups in total. The highest BCUT2D eigenvalue weighted by atomic mass is 32.2. The van der Waals surface area contributed by atoms with Gasteiger partial charge < -0.3 is 5.32 Å². The fraction of sp³-hybridized carbons (Fsp3) is 0.385. The van der Waals surface area contributed by atoms with E-state index in [1.165, 1.54) is 21.7 Å². The van der Waals surface area contributed by atoms with Crippen LogP contribution in [0.25, 0.3) is 16.9 Å². The number of amides is 1. The molecule has 1 aliphatic heterocycles. The van der Waals surface area contributed by atoms with Gasteiger partial charge in [0.15, 0.2) is 0 Å². The van der Waals surface area contributed by atoms with Crippen LogP contribution in [0.4, 0.5) is 5.82 Å². The number of carbonyl (C=O) groups is 1. The topological polar surface area (TPSA) is 87.5 Å². The van der Waals surface area contributed by atoms with Crippen molar-refractivity contribution in [1.29, 1.82) is 0 Å². The highest BCUT2D eigenvalue weighted by Crippen LogP contribution is 2.29. The molecule has 4 rings (SSSR count). The molecule has 1 fully saturated rings. The predicted molar refractivity (Wildman–Crippen MR) is 139 cm³/mol. The number of benzene rings is 2. The van der Waals surface area contributed by atoms with E-state index in [1.807, 2.05) is 41.3 Å². The summed E-state index contributed by atoms with van der Waals surface area (Å²) in [6.07, 6.45) is 1.92. The quantitative estimate of drug-likeness (QED) is 0.567. The zero-order chi connectivity index (χ0) is 25.2. The molecule has 1 aliphatic rings. The molecule has 0 saturated carbocycles. The molecule has 0 unspecified atom stereocenters. The van der Waals surface area contributed by atoms with Gasteiger partial charge in [0.1, 0.15) is 5.82 Å². The Bertz CT molecular complexity index is 1320. The van der Waals surface area contributed by atoms with Gasteiger partial charge in [-0.3, -0.25) is 9.69 Å². The summed E-state index contributed by atoms with van der Waals surface area (Å²) in [5, 5.41) is 7.89. The molecule has 1 saturated heterocycles. The maximum absolute atomic E-state index is 13.0. The minimum atomic E-state index is -3.22. The Hall–Kier alpha value is -3.01. The van der Waals surface area contributed by atoms with Gasteiger partial charge in [-0.1, -0.05) is 24.3 Å².